The summed E-state index contributed by atoms with van der Waals surface area (Å²) >= 11 is 0. The third-order valence-electron chi connectivity index (χ3n) is 3.71. The monoisotopic (exact) mass is 273 g/mol. The molecule has 1 atom stereocenters. The summed E-state index contributed by atoms with van der Waals surface area (Å²) in [5, 5.41) is 3.96. The van der Waals surface area contributed by atoms with Crippen LogP contribution in [0, 0.1) is 6.92 Å². The summed E-state index contributed by atoms with van der Waals surface area (Å²) in [5.41, 5.74) is 8.08. The van der Waals surface area contributed by atoms with Gasteiger partial charge in [0.2, 0.25) is 0 Å². The Morgan fingerprint density at radius 3 is 2.90 bits per heavy atom. The molecule has 1 aliphatic rings. The fourth-order valence-electron chi connectivity index (χ4n) is 2.16. The second kappa shape index (κ2) is 5.73. The molecule has 1 aromatic heterocycles. The molecule has 0 saturated heterocycles. The number of hydrogen-bond acceptors (Lipinski definition) is 5. The molecule has 5 heteroatoms. The molecule has 20 heavy (non-hydrogen) atoms. The molecule has 0 aliphatic heterocycles. The third-order valence-corrected chi connectivity index (χ3v) is 3.71. The van der Waals surface area contributed by atoms with Crippen LogP contribution >= 0.6 is 0 Å². The Morgan fingerprint density at radius 1 is 1.40 bits per heavy atom. The zero-order valence-corrected chi connectivity index (χ0v) is 11.6. The summed E-state index contributed by atoms with van der Waals surface area (Å²) in [5.74, 6) is 1.01. The first kappa shape index (κ1) is 13.3. The first-order chi connectivity index (χ1) is 9.74. The Bertz CT molecular complexity index is 578. The molecule has 106 valence electrons. The topological polar surface area (TPSA) is 74.2 Å². The molecule has 1 heterocycles. The molecular weight excluding hydrogens is 254 g/mol. The highest BCUT2D eigenvalue weighted by Crippen LogP contribution is 2.24. The number of nitrogens with zero attached hydrogens (tertiary/aromatic N) is 2. The van der Waals surface area contributed by atoms with Crippen LogP contribution < -0.4 is 5.73 Å². The van der Waals surface area contributed by atoms with Crippen molar-refractivity contribution in [3.8, 4) is 11.5 Å². The minimum absolute atomic E-state index is 0.336. The van der Waals surface area contributed by atoms with Crippen molar-refractivity contribution in [2.75, 3.05) is 6.61 Å². The lowest BCUT2D eigenvalue weighted by Gasteiger charge is -2.26. The van der Waals surface area contributed by atoms with E-state index in [0.717, 1.165) is 24.0 Å². The van der Waals surface area contributed by atoms with Gasteiger partial charge in [0.1, 0.15) is 0 Å². The van der Waals surface area contributed by atoms with E-state index in [1.165, 1.54) is 6.42 Å². The maximum absolute atomic E-state index is 6.04. The number of hydrogen-bond donors (Lipinski definition) is 1. The molecular formula is C15H19N3O2. The first-order valence-corrected chi connectivity index (χ1v) is 7.01. The molecule has 0 spiro atoms. The van der Waals surface area contributed by atoms with E-state index in [1.54, 1.807) is 0 Å². The standard InChI is InChI=1S/C15H19N3O2/c1-10-5-2-3-8-12(10)15-17-14(18-20-15)13(16)9-19-11-6-4-7-11/h2-3,5,8,11,13H,4,6-7,9,16H2,1H3. The predicted molar refractivity (Wildman–Crippen MR) is 75.0 cm³/mol. The van der Waals surface area contributed by atoms with Crippen LogP contribution in [0.25, 0.3) is 11.5 Å². The van der Waals surface area contributed by atoms with Gasteiger partial charge in [-0.2, -0.15) is 4.98 Å². The van der Waals surface area contributed by atoms with Gasteiger partial charge in [0.05, 0.1) is 18.8 Å². The molecule has 1 unspecified atom stereocenters. The van der Waals surface area contributed by atoms with E-state index < -0.39 is 0 Å². The van der Waals surface area contributed by atoms with E-state index in [2.05, 4.69) is 10.1 Å². The Kier molecular flexibility index (Phi) is 3.80. The van der Waals surface area contributed by atoms with E-state index in [0.29, 0.717) is 24.4 Å². The van der Waals surface area contributed by atoms with Gasteiger partial charge < -0.3 is 15.0 Å². The fraction of sp³-hybridized carbons (Fsp3) is 0.467. The van der Waals surface area contributed by atoms with Crippen molar-refractivity contribution in [3.05, 3.63) is 35.7 Å². The van der Waals surface area contributed by atoms with Crippen molar-refractivity contribution in [2.45, 2.75) is 38.3 Å². The molecule has 2 N–H and O–H groups in total. The molecule has 1 aliphatic carbocycles. The lowest BCUT2D eigenvalue weighted by Crippen LogP contribution is -2.27. The van der Waals surface area contributed by atoms with E-state index in [-0.39, 0.29) is 6.04 Å². The molecule has 0 amide bonds. The van der Waals surface area contributed by atoms with E-state index >= 15 is 0 Å². The maximum Gasteiger partial charge on any atom is 0.258 e. The van der Waals surface area contributed by atoms with Crippen LogP contribution in [-0.2, 0) is 4.74 Å². The Labute approximate surface area is 118 Å². The van der Waals surface area contributed by atoms with E-state index in [1.807, 2.05) is 31.2 Å². The molecule has 3 rings (SSSR count). The minimum Gasteiger partial charge on any atom is -0.376 e. The number of aromatic nitrogens is 2. The lowest BCUT2D eigenvalue weighted by atomic mass is 9.96. The maximum atomic E-state index is 6.04. The largest absolute Gasteiger partial charge is 0.376 e. The van der Waals surface area contributed by atoms with Crippen molar-refractivity contribution in [2.24, 2.45) is 5.73 Å². The zero-order chi connectivity index (χ0) is 13.9. The fourth-order valence-corrected chi connectivity index (χ4v) is 2.16. The van der Waals surface area contributed by atoms with Gasteiger partial charge in [-0.25, -0.2) is 0 Å². The Hall–Kier alpha value is -1.72. The number of nitrogens with two attached hydrogens (primary N) is 1. The van der Waals surface area contributed by atoms with Crippen molar-refractivity contribution >= 4 is 0 Å². The third kappa shape index (κ3) is 2.73. The Balaban J connectivity index is 1.68. The summed E-state index contributed by atoms with van der Waals surface area (Å²) in [4.78, 5) is 4.38. The van der Waals surface area contributed by atoms with Gasteiger partial charge in [0.15, 0.2) is 5.82 Å². The SMILES string of the molecule is Cc1ccccc1-c1nc(C(N)COC2CCC2)no1. The number of benzene rings is 1. The number of rotatable bonds is 5. The summed E-state index contributed by atoms with van der Waals surface area (Å²) in [6.45, 7) is 2.45. The Morgan fingerprint density at radius 2 is 2.20 bits per heavy atom. The quantitative estimate of drug-likeness (QED) is 0.906. The number of aryl methyl sites for hydroxylation is 1. The van der Waals surface area contributed by atoms with Crippen LogP contribution in [0.15, 0.2) is 28.8 Å². The minimum atomic E-state index is -0.336. The average Bonchev–Trinajstić information content (AvgIpc) is 2.87. The second-order valence-electron chi connectivity index (χ2n) is 5.27. The average molecular weight is 273 g/mol. The lowest BCUT2D eigenvalue weighted by molar-refractivity contribution is -0.00549. The highest BCUT2D eigenvalue weighted by molar-refractivity contribution is 5.57. The van der Waals surface area contributed by atoms with Crippen LogP contribution in [0.3, 0.4) is 0 Å². The normalized spacial score (nSPS) is 16.9. The summed E-state index contributed by atoms with van der Waals surface area (Å²) < 4.78 is 11.0. The van der Waals surface area contributed by atoms with Gasteiger partial charge in [-0.1, -0.05) is 23.4 Å². The van der Waals surface area contributed by atoms with Crippen LogP contribution in [0.1, 0.15) is 36.7 Å². The van der Waals surface area contributed by atoms with E-state index in [4.69, 9.17) is 15.0 Å². The summed E-state index contributed by atoms with van der Waals surface area (Å²) in [6.07, 6.45) is 3.88. The van der Waals surface area contributed by atoms with Gasteiger partial charge in [-0.3, -0.25) is 0 Å². The van der Waals surface area contributed by atoms with Crippen molar-refractivity contribution in [1.82, 2.24) is 10.1 Å². The zero-order valence-electron chi connectivity index (χ0n) is 11.6. The molecule has 2 aromatic rings. The molecule has 1 fully saturated rings. The van der Waals surface area contributed by atoms with Crippen LogP contribution in [0.2, 0.25) is 0 Å². The molecule has 5 nitrogen and oxygen atoms in total. The van der Waals surface area contributed by atoms with Crippen molar-refractivity contribution < 1.29 is 9.26 Å². The van der Waals surface area contributed by atoms with E-state index in [9.17, 15) is 0 Å². The summed E-state index contributed by atoms with van der Waals surface area (Å²) in [7, 11) is 0. The van der Waals surface area contributed by atoms with Gasteiger partial charge in [-0.05, 0) is 37.8 Å². The van der Waals surface area contributed by atoms with Crippen molar-refractivity contribution in [1.29, 1.82) is 0 Å². The van der Waals surface area contributed by atoms with Crippen LogP contribution in [0.5, 0.6) is 0 Å². The summed E-state index contributed by atoms with van der Waals surface area (Å²) in [6, 6.07) is 7.57. The molecule has 0 bridgehead atoms. The van der Waals surface area contributed by atoms with Crippen LogP contribution in [-0.4, -0.2) is 22.9 Å². The smallest absolute Gasteiger partial charge is 0.258 e. The van der Waals surface area contributed by atoms with Gasteiger partial charge in [0, 0.05) is 5.56 Å². The first-order valence-electron chi connectivity index (χ1n) is 7.01. The predicted octanol–water partition coefficient (Wildman–Crippen LogP) is 2.61. The van der Waals surface area contributed by atoms with Gasteiger partial charge >= 0.3 is 0 Å². The molecule has 0 radical (unpaired) electrons. The molecule has 1 saturated carbocycles. The highest BCUT2D eigenvalue weighted by atomic mass is 16.5. The number of ether oxygens (including phenoxy) is 1. The van der Waals surface area contributed by atoms with Crippen LogP contribution in [0.4, 0.5) is 0 Å². The highest BCUT2D eigenvalue weighted by Gasteiger charge is 2.21. The molecule has 1 aromatic carbocycles. The van der Waals surface area contributed by atoms with Gasteiger partial charge in [-0.15, -0.1) is 0 Å². The van der Waals surface area contributed by atoms with Gasteiger partial charge in [0.25, 0.3) is 5.89 Å². The second-order valence-corrected chi connectivity index (χ2v) is 5.27. The van der Waals surface area contributed by atoms with Crippen molar-refractivity contribution in [3.63, 3.8) is 0 Å².